The standard InChI is InChI=1S/C6H9NO6/c8-5(9)12-4-1-2-7(3-4)13-6(10)11/h4H,1-3H2,(H,8,9)(H,10,11). The Kier molecular flexibility index (Phi) is 2.91. The highest BCUT2D eigenvalue weighted by atomic mass is 16.8. The fourth-order valence-corrected chi connectivity index (χ4v) is 1.13. The smallest absolute Gasteiger partial charge is 0.450 e. The first kappa shape index (κ1) is 9.59. The molecule has 2 N–H and O–H groups in total. The van der Waals surface area contributed by atoms with Gasteiger partial charge in [0.25, 0.3) is 0 Å². The van der Waals surface area contributed by atoms with Crippen molar-refractivity contribution in [1.82, 2.24) is 5.06 Å². The highest BCUT2D eigenvalue weighted by Gasteiger charge is 2.28. The predicted molar refractivity (Wildman–Crippen MR) is 38.2 cm³/mol. The maximum atomic E-state index is 10.1. The summed E-state index contributed by atoms with van der Waals surface area (Å²) in [6.45, 7) is 0.503. The maximum Gasteiger partial charge on any atom is 0.525 e. The van der Waals surface area contributed by atoms with Crippen molar-refractivity contribution in [3.05, 3.63) is 0 Å². The van der Waals surface area contributed by atoms with Crippen LogP contribution in [-0.2, 0) is 9.57 Å². The van der Waals surface area contributed by atoms with Crippen molar-refractivity contribution in [3.8, 4) is 0 Å². The van der Waals surface area contributed by atoms with Crippen molar-refractivity contribution in [2.24, 2.45) is 0 Å². The fourth-order valence-electron chi connectivity index (χ4n) is 1.13. The molecule has 7 nitrogen and oxygen atoms in total. The molecule has 0 aromatic carbocycles. The van der Waals surface area contributed by atoms with Crippen LogP contribution >= 0.6 is 0 Å². The van der Waals surface area contributed by atoms with Crippen LogP contribution in [0, 0.1) is 0 Å². The van der Waals surface area contributed by atoms with Gasteiger partial charge in [0.05, 0.1) is 6.54 Å². The number of hydroxylamine groups is 2. The predicted octanol–water partition coefficient (Wildman–Crippen LogP) is 0.365. The van der Waals surface area contributed by atoms with Gasteiger partial charge in [0.1, 0.15) is 6.10 Å². The Morgan fingerprint density at radius 2 is 2.00 bits per heavy atom. The summed E-state index contributed by atoms with van der Waals surface area (Å²) >= 11 is 0. The molecule has 0 bridgehead atoms. The molecule has 13 heavy (non-hydrogen) atoms. The van der Waals surface area contributed by atoms with E-state index in [0.717, 1.165) is 5.06 Å². The van der Waals surface area contributed by atoms with Gasteiger partial charge in [-0.05, 0) is 0 Å². The van der Waals surface area contributed by atoms with E-state index in [-0.39, 0.29) is 6.54 Å². The summed E-state index contributed by atoms with van der Waals surface area (Å²) in [5, 5.41) is 17.6. The van der Waals surface area contributed by atoms with E-state index in [4.69, 9.17) is 10.2 Å². The molecule has 1 fully saturated rings. The Bertz CT molecular complexity index is 195. The van der Waals surface area contributed by atoms with Crippen LogP contribution in [0.5, 0.6) is 0 Å². The van der Waals surface area contributed by atoms with Crippen LogP contribution in [0.4, 0.5) is 9.59 Å². The number of rotatable bonds is 2. The third-order valence-electron chi connectivity index (χ3n) is 1.58. The zero-order valence-electron chi connectivity index (χ0n) is 6.67. The van der Waals surface area contributed by atoms with Gasteiger partial charge < -0.3 is 19.8 Å². The van der Waals surface area contributed by atoms with Crippen molar-refractivity contribution in [2.75, 3.05) is 13.1 Å². The molecule has 1 rings (SSSR count). The number of hydrogen-bond donors (Lipinski definition) is 2. The molecule has 0 aromatic rings. The quantitative estimate of drug-likeness (QED) is 0.608. The molecular weight excluding hydrogens is 182 g/mol. The lowest BCUT2D eigenvalue weighted by atomic mass is 10.3. The van der Waals surface area contributed by atoms with Crippen LogP contribution in [0.1, 0.15) is 6.42 Å². The van der Waals surface area contributed by atoms with Gasteiger partial charge in [0.2, 0.25) is 0 Å². The Morgan fingerprint density at radius 1 is 1.31 bits per heavy atom. The van der Waals surface area contributed by atoms with Gasteiger partial charge in [-0.2, -0.15) is 0 Å². The van der Waals surface area contributed by atoms with E-state index in [9.17, 15) is 9.59 Å². The van der Waals surface area contributed by atoms with E-state index < -0.39 is 18.4 Å². The van der Waals surface area contributed by atoms with Crippen molar-refractivity contribution < 1.29 is 29.4 Å². The van der Waals surface area contributed by atoms with Crippen LogP contribution < -0.4 is 0 Å². The van der Waals surface area contributed by atoms with Crippen molar-refractivity contribution in [2.45, 2.75) is 12.5 Å². The Labute approximate surface area is 73.4 Å². The van der Waals surface area contributed by atoms with Gasteiger partial charge in [0.15, 0.2) is 0 Å². The van der Waals surface area contributed by atoms with Crippen LogP contribution in [-0.4, -0.2) is 46.8 Å². The average molecular weight is 191 g/mol. The monoisotopic (exact) mass is 191 g/mol. The molecule has 0 radical (unpaired) electrons. The number of nitrogens with zero attached hydrogens (tertiary/aromatic N) is 1. The zero-order valence-corrected chi connectivity index (χ0v) is 6.67. The largest absolute Gasteiger partial charge is 0.525 e. The fraction of sp³-hybridized carbons (Fsp3) is 0.667. The first-order valence-corrected chi connectivity index (χ1v) is 3.63. The second kappa shape index (κ2) is 3.94. The maximum absolute atomic E-state index is 10.1. The van der Waals surface area contributed by atoms with E-state index in [0.29, 0.717) is 13.0 Å². The third kappa shape index (κ3) is 3.16. The zero-order chi connectivity index (χ0) is 9.84. The number of ether oxygens (including phenoxy) is 1. The van der Waals surface area contributed by atoms with Gasteiger partial charge in [-0.25, -0.2) is 9.59 Å². The van der Waals surface area contributed by atoms with Crippen LogP contribution in [0.2, 0.25) is 0 Å². The molecule has 0 aromatic heterocycles. The molecule has 1 aliphatic rings. The molecule has 0 amide bonds. The van der Waals surface area contributed by atoms with E-state index in [1.54, 1.807) is 0 Å². The molecule has 1 aliphatic heterocycles. The minimum atomic E-state index is -1.41. The lowest BCUT2D eigenvalue weighted by molar-refractivity contribution is -0.108. The van der Waals surface area contributed by atoms with E-state index >= 15 is 0 Å². The molecule has 1 saturated heterocycles. The molecule has 0 spiro atoms. The highest BCUT2D eigenvalue weighted by molar-refractivity contribution is 5.57. The summed E-state index contributed by atoms with van der Waals surface area (Å²) in [7, 11) is 0. The van der Waals surface area contributed by atoms with Crippen molar-refractivity contribution in [1.29, 1.82) is 0 Å². The summed E-state index contributed by atoms with van der Waals surface area (Å²) in [6.07, 6.45) is -2.82. The Hall–Kier alpha value is -1.50. The average Bonchev–Trinajstić information content (AvgIpc) is 2.33. The van der Waals surface area contributed by atoms with Crippen LogP contribution in [0.3, 0.4) is 0 Å². The SMILES string of the molecule is O=C(O)OC1CCN(OC(=O)O)C1. The molecule has 1 heterocycles. The molecule has 1 atom stereocenters. The van der Waals surface area contributed by atoms with E-state index in [1.807, 2.05) is 0 Å². The van der Waals surface area contributed by atoms with Gasteiger partial charge in [-0.1, -0.05) is 0 Å². The van der Waals surface area contributed by atoms with Crippen molar-refractivity contribution in [3.63, 3.8) is 0 Å². The molecule has 0 aliphatic carbocycles. The topological polar surface area (TPSA) is 96.3 Å². The Morgan fingerprint density at radius 3 is 2.54 bits per heavy atom. The summed E-state index contributed by atoms with van der Waals surface area (Å²) in [5.41, 5.74) is 0. The summed E-state index contributed by atoms with van der Waals surface area (Å²) in [5.74, 6) is 0. The summed E-state index contributed by atoms with van der Waals surface area (Å²) in [4.78, 5) is 24.4. The second-order valence-corrected chi connectivity index (χ2v) is 2.54. The lowest BCUT2D eigenvalue weighted by Crippen LogP contribution is -2.26. The minimum Gasteiger partial charge on any atom is -0.450 e. The lowest BCUT2D eigenvalue weighted by Gasteiger charge is -2.11. The van der Waals surface area contributed by atoms with Gasteiger partial charge in [-0.3, -0.25) is 0 Å². The highest BCUT2D eigenvalue weighted by Crippen LogP contribution is 2.12. The second-order valence-electron chi connectivity index (χ2n) is 2.54. The molecule has 0 saturated carbocycles. The van der Waals surface area contributed by atoms with Crippen molar-refractivity contribution >= 4 is 12.3 Å². The van der Waals surface area contributed by atoms with Gasteiger partial charge >= 0.3 is 12.3 Å². The van der Waals surface area contributed by atoms with E-state index in [1.165, 1.54) is 0 Å². The van der Waals surface area contributed by atoms with Gasteiger partial charge in [-0.15, -0.1) is 5.06 Å². The Balaban J connectivity index is 2.27. The molecule has 74 valence electrons. The summed E-state index contributed by atoms with van der Waals surface area (Å²) < 4.78 is 4.43. The first-order chi connectivity index (χ1) is 6.08. The normalized spacial score (nSPS) is 22.6. The van der Waals surface area contributed by atoms with Gasteiger partial charge in [0, 0.05) is 13.0 Å². The molecule has 1 unspecified atom stereocenters. The van der Waals surface area contributed by atoms with E-state index in [2.05, 4.69) is 9.57 Å². The molecular formula is C6H9NO6. The number of carbonyl (C=O) groups is 2. The first-order valence-electron chi connectivity index (χ1n) is 3.63. The van der Waals surface area contributed by atoms with Crippen LogP contribution in [0.25, 0.3) is 0 Å². The third-order valence-corrected chi connectivity index (χ3v) is 1.58. The van der Waals surface area contributed by atoms with Crippen LogP contribution in [0.15, 0.2) is 0 Å². The number of hydrogen-bond acceptors (Lipinski definition) is 5. The summed E-state index contributed by atoms with van der Waals surface area (Å²) in [6, 6.07) is 0. The molecule has 7 heteroatoms. The minimum absolute atomic E-state index is 0.151. The number of carboxylic acid groups (broad SMARTS) is 2.